The highest BCUT2D eigenvalue weighted by Crippen LogP contribution is 2.26. The van der Waals surface area contributed by atoms with Gasteiger partial charge in [-0.1, -0.05) is 30.3 Å². The molecule has 1 fully saturated rings. The molecule has 1 aliphatic heterocycles. The molecule has 2 aromatic carbocycles. The summed E-state index contributed by atoms with van der Waals surface area (Å²) in [5.41, 5.74) is 1.54. The van der Waals surface area contributed by atoms with E-state index >= 15 is 0 Å². The Bertz CT molecular complexity index is 971. The zero-order valence-corrected chi connectivity index (χ0v) is 14.7. The number of nitrogens with zero attached hydrogens (tertiary/aromatic N) is 2. The number of nitrogens with one attached hydrogen (secondary N) is 1. The van der Waals surface area contributed by atoms with E-state index in [0.29, 0.717) is 38.5 Å². The molecule has 6 heteroatoms. The summed E-state index contributed by atoms with van der Waals surface area (Å²) in [6.45, 7) is 4.15. The number of H-pyrrole nitrogens is 1. The Morgan fingerprint density at radius 1 is 1.00 bits per heavy atom. The van der Waals surface area contributed by atoms with Crippen molar-refractivity contribution in [2.24, 2.45) is 0 Å². The standard InChI is InChI=1S/C20H21N3O3/c1-2-26-20(25)23-11-9-22(10-12-23)19(24)18-13-16-15-6-4-3-5-14(15)7-8-17(16)21-18/h3-8,13,21H,2,9-12H2,1H3. The third-order valence-corrected chi connectivity index (χ3v) is 4.85. The van der Waals surface area contributed by atoms with E-state index < -0.39 is 0 Å². The van der Waals surface area contributed by atoms with Crippen LogP contribution in [0.3, 0.4) is 0 Å². The topological polar surface area (TPSA) is 65.6 Å². The van der Waals surface area contributed by atoms with Gasteiger partial charge in [-0.25, -0.2) is 4.79 Å². The van der Waals surface area contributed by atoms with Gasteiger partial charge in [0.2, 0.25) is 0 Å². The maximum atomic E-state index is 12.9. The lowest BCUT2D eigenvalue weighted by molar-refractivity contribution is 0.0566. The fourth-order valence-corrected chi connectivity index (χ4v) is 3.48. The number of ether oxygens (including phenoxy) is 1. The number of rotatable bonds is 2. The van der Waals surface area contributed by atoms with E-state index in [1.165, 1.54) is 0 Å². The van der Waals surface area contributed by atoms with Crippen LogP contribution < -0.4 is 0 Å². The minimum atomic E-state index is -0.309. The van der Waals surface area contributed by atoms with E-state index in [1.807, 2.05) is 24.3 Å². The van der Waals surface area contributed by atoms with Gasteiger partial charge in [-0.2, -0.15) is 0 Å². The normalized spacial score (nSPS) is 14.8. The number of carbonyl (C=O) groups is 2. The smallest absolute Gasteiger partial charge is 0.409 e. The quantitative estimate of drug-likeness (QED) is 0.771. The second kappa shape index (κ2) is 6.71. The van der Waals surface area contributed by atoms with Crippen LogP contribution in [-0.4, -0.2) is 59.6 Å². The summed E-state index contributed by atoms with van der Waals surface area (Å²) < 4.78 is 5.02. The Labute approximate surface area is 151 Å². The zero-order valence-electron chi connectivity index (χ0n) is 14.7. The monoisotopic (exact) mass is 351 g/mol. The molecule has 0 saturated carbocycles. The number of aromatic nitrogens is 1. The molecular weight excluding hydrogens is 330 g/mol. The maximum absolute atomic E-state index is 12.9. The van der Waals surface area contributed by atoms with Crippen molar-refractivity contribution < 1.29 is 14.3 Å². The molecule has 1 aliphatic rings. The highest BCUT2D eigenvalue weighted by Gasteiger charge is 2.26. The number of hydrogen-bond acceptors (Lipinski definition) is 3. The first-order valence-electron chi connectivity index (χ1n) is 8.89. The van der Waals surface area contributed by atoms with Crippen molar-refractivity contribution >= 4 is 33.7 Å². The molecule has 3 aromatic rings. The summed E-state index contributed by atoms with van der Waals surface area (Å²) in [7, 11) is 0. The van der Waals surface area contributed by atoms with Gasteiger partial charge in [-0.05, 0) is 29.8 Å². The van der Waals surface area contributed by atoms with Crippen molar-refractivity contribution in [1.82, 2.24) is 14.8 Å². The van der Waals surface area contributed by atoms with Crippen molar-refractivity contribution in [1.29, 1.82) is 0 Å². The largest absolute Gasteiger partial charge is 0.450 e. The summed E-state index contributed by atoms with van der Waals surface area (Å²) in [5, 5.41) is 3.34. The van der Waals surface area contributed by atoms with Crippen LogP contribution in [-0.2, 0) is 4.74 Å². The van der Waals surface area contributed by atoms with Gasteiger partial charge in [0.25, 0.3) is 5.91 Å². The summed E-state index contributed by atoms with van der Waals surface area (Å²) in [4.78, 5) is 31.3. The molecule has 6 nitrogen and oxygen atoms in total. The fourth-order valence-electron chi connectivity index (χ4n) is 3.48. The number of piperazine rings is 1. The van der Waals surface area contributed by atoms with Gasteiger partial charge in [-0.3, -0.25) is 4.79 Å². The Morgan fingerprint density at radius 3 is 2.50 bits per heavy atom. The average molecular weight is 351 g/mol. The van der Waals surface area contributed by atoms with Crippen LogP contribution in [0.4, 0.5) is 4.79 Å². The molecule has 4 rings (SSSR count). The second-order valence-corrected chi connectivity index (χ2v) is 6.41. The van der Waals surface area contributed by atoms with Gasteiger partial charge in [0, 0.05) is 37.1 Å². The lowest BCUT2D eigenvalue weighted by Crippen LogP contribution is -2.50. The molecule has 0 radical (unpaired) electrons. The second-order valence-electron chi connectivity index (χ2n) is 6.41. The van der Waals surface area contributed by atoms with Crippen LogP contribution in [0.5, 0.6) is 0 Å². The van der Waals surface area contributed by atoms with Gasteiger partial charge >= 0.3 is 6.09 Å². The third-order valence-electron chi connectivity index (χ3n) is 4.85. The summed E-state index contributed by atoms with van der Waals surface area (Å²) >= 11 is 0. The van der Waals surface area contributed by atoms with Crippen LogP contribution in [0.15, 0.2) is 42.5 Å². The molecule has 1 saturated heterocycles. The highest BCUT2D eigenvalue weighted by molar-refractivity contribution is 6.09. The SMILES string of the molecule is CCOC(=O)N1CCN(C(=O)c2cc3c(ccc4ccccc43)[nH]2)CC1. The van der Waals surface area contributed by atoms with E-state index in [4.69, 9.17) is 4.74 Å². The number of aromatic amines is 1. The number of benzene rings is 2. The molecule has 0 bridgehead atoms. The van der Waals surface area contributed by atoms with Crippen LogP contribution in [0.1, 0.15) is 17.4 Å². The number of hydrogen-bond donors (Lipinski definition) is 1. The lowest BCUT2D eigenvalue weighted by Gasteiger charge is -2.33. The van der Waals surface area contributed by atoms with Crippen LogP contribution in [0, 0.1) is 0 Å². The first-order chi connectivity index (χ1) is 12.7. The van der Waals surface area contributed by atoms with E-state index in [9.17, 15) is 9.59 Å². The molecule has 0 spiro atoms. The highest BCUT2D eigenvalue weighted by atomic mass is 16.6. The van der Waals surface area contributed by atoms with Gasteiger partial charge in [-0.15, -0.1) is 0 Å². The van der Waals surface area contributed by atoms with Gasteiger partial charge in [0.05, 0.1) is 6.61 Å². The summed E-state index contributed by atoms with van der Waals surface area (Å²) in [5.74, 6) is -0.0335. The zero-order chi connectivity index (χ0) is 18.1. The molecule has 0 aliphatic carbocycles. The third kappa shape index (κ3) is 2.87. The van der Waals surface area contributed by atoms with Gasteiger partial charge in [0.15, 0.2) is 0 Å². The maximum Gasteiger partial charge on any atom is 0.409 e. The summed E-state index contributed by atoms with van der Waals surface area (Å²) in [6, 6.07) is 14.1. The van der Waals surface area contributed by atoms with Crippen LogP contribution >= 0.6 is 0 Å². The molecule has 1 N–H and O–H groups in total. The number of carbonyl (C=O) groups excluding carboxylic acids is 2. The Kier molecular flexibility index (Phi) is 4.24. The first-order valence-corrected chi connectivity index (χ1v) is 8.89. The van der Waals surface area contributed by atoms with Crippen molar-refractivity contribution in [2.75, 3.05) is 32.8 Å². The van der Waals surface area contributed by atoms with E-state index in [1.54, 1.807) is 16.7 Å². The number of fused-ring (bicyclic) bond motifs is 3. The summed E-state index contributed by atoms with van der Waals surface area (Å²) in [6.07, 6.45) is -0.309. The molecule has 134 valence electrons. The van der Waals surface area contributed by atoms with Crippen molar-refractivity contribution in [3.05, 3.63) is 48.2 Å². The average Bonchev–Trinajstić information content (AvgIpc) is 3.12. The van der Waals surface area contributed by atoms with Gasteiger partial charge < -0.3 is 19.5 Å². The van der Waals surface area contributed by atoms with Crippen LogP contribution in [0.25, 0.3) is 21.7 Å². The van der Waals surface area contributed by atoms with E-state index in [2.05, 4.69) is 23.2 Å². The van der Waals surface area contributed by atoms with Crippen molar-refractivity contribution in [3.63, 3.8) is 0 Å². The molecule has 0 atom stereocenters. The van der Waals surface area contributed by atoms with Crippen molar-refractivity contribution in [2.45, 2.75) is 6.92 Å². The molecule has 26 heavy (non-hydrogen) atoms. The fraction of sp³-hybridized carbons (Fsp3) is 0.300. The molecule has 2 heterocycles. The predicted molar refractivity (Wildman–Crippen MR) is 100 cm³/mol. The molecular formula is C20H21N3O3. The molecule has 2 amide bonds. The van der Waals surface area contributed by atoms with Crippen LogP contribution in [0.2, 0.25) is 0 Å². The van der Waals surface area contributed by atoms with Crippen molar-refractivity contribution in [3.8, 4) is 0 Å². The molecule has 0 unspecified atom stereocenters. The van der Waals surface area contributed by atoms with E-state index in [0.717, 1.165) is 21.7 Å². The lowest BCUT2D eigenvalue weighted by atomic mass is 10.1. The first kappa shape index (κ1) is 16.4. The number of amides is 2. The Balaban J connectivity index is 1.54. The molecule has 1 aromatic heterocycles. The van der Waals surface area contributed by atoms with Gasteiger partial charge in [0.1, 0.15) is 5.69 Å². The van der Waals surface area contributed by atoms with E-state index in [-0.39, 0.29) is 12.0 Å². The Morgan fingerprint density at radius 2 is 1.73 bits per heavy atom. The predicted octanol–water partition coefficient (Wildman–Crippen LogP) is 3.24. The Hall–Kier alpha value is -3.02. The minimum absolute atomic E-state index is 0.0335. The minimum Gasteiger partial charge on any atom is -0.450 e.